The van der Waals surface area contributed by atoms with Crippen molar-refractivity contribution < 1.29 is 10.2 Å². The van der Waals surface area contributed by atoms with Crippen LogP contribution in [0.5, 0.6) is 0 Å². The van der Waals surface area contributed by atoms with Crippen LogP contribution in [0.1, 0.15) is 45.4 Å². The number of allylic oxidation sites excluding steroid dienone is 1. The Morgan fingerprint density at radius 2 is 2.00 bits per heavy atom. The summed E-state index contributed by atoms with van der Waals surface area (Å²) in [5.41, 5.74) is 0. The summed E-state index contributed by atoms with van der Waals surface area (Å²) in [6, 6.07) is 0. The van der Waals surface area contributed by atoms with E-state index in [1.165, 1.54) is 25.7 Å². The Balaban J connectivity index is 3.20. The molecule has 0 aliphatic carbocycles. The molecule has 2 heteroatoms. The molecule has 0 saturated carbocycles. The summed E-state index contributed by atoms with van der Waals surface area (Å²) in [6.45, 7) is 2.25. The van der Waals surface area contributed by atoms with Gasteiger partial charge in [-0.2, -0.15) is 0 Å². The molecule has 0 heterocycles. The Kier molecular flexibility index (Phi) is 9.49. The van der Waals surface area contributed by atoms with E-state index in [4.69, 9.17) is 5.11 Å². The van der Waals surface area contributed by atoms with Gasteiger partial charge in [-0.05, 0) is 19.3 Å². The lowest BCUT2D eigenvalue weighted by molar-refractivity contribution is 0.170. The van der Waals surface area contributed by atoms with Crippen molar-refractivity contribution >= 4 is 0 Å². The van der Waals surface area contributed by atoms with Crippen molar-refractivity contribution in [1.82, 2.24) is 0 Å². The number of hydrogen-bond acceptors (Lipinski definition) is 2. The van der Waals surface area contributed by atoms with E-state index in [0.29, 0.717) is 6.42 Å². The molecule has 13 heavy (non-hydrogen) atoms. The molecule has 0 aromatic heterocycles. The highest BCUT2D eigenvalue weighted by molar-refractivity contribution is 4.88. The summed E-state index contributed by atoms with van der Waals surface area (Å²) in [5, 5.41) is 17.7. The third-order valence-electron chi connectivity index (χ3n) is 2.01. The molecule has 78 valence electrons. The van der Waals surface area contributed by atoms with Crippen molar-refractivity contribution in [2.45, 2.75) is 51.6 Å². The van der Waals surface area contributed by atoms with Crippen LogP contribution in [-0.2, 0) is 0 Å². The number of rotatable bonds is 8. The predicted octanol–water partition coefficient (Wildman–Crippen LogP) is 2.26. The lowest BCUT2D eigenvalue weighted by atomic mass is 10.1. The van der Waals surface area contributed by atoms with Crippen LogP contribution in [0.3, 0.4) is 0 Å². The average molecular weight is 186 g/mol. The third-order valence-corrected chi connectivity index (χ3v) is 2.01. The first kappa shape index (κ1) is 12.7. The third kappa shape index (κ3) is 9.57. The highest BCUT2D eigenvalue weighted by Crippen LogP contribution is 2.03. The first-order chi connectivity index (χ1) is 6.31. The maximum Gasteiger partial charge on any atom is 0.0742 e. The van der Waals surface area contributed by atoms with Crippen LogP contribution in [0.2, 0.25) is 0 Å². The van der Waals surface area contributed by atoms with Gasteiger partial charge < -0.3 is 10.2 Å². The van der Waals surface area contributed by atoms with E-state index in [-0.39, 0.29) is 6.61 Å². The molecule has 0 rings (SSSR count). The molecule has 0 spiro atoms. The van der Waals surface area contributed by atoms with Crippen LogP contribution in [0.25, 0.3) is 0 Å². The molecule has 0 aromatic rings. The molecular formula is C11H22O2. The second kappa shape index (κ2) is 9.75. The van der Waals surface area contributed by atoms with Gasteiger partial charge in [-0.3, -0.25) is 0 Å². The van der Waals surface area contributed by atoms with E-state index in [1.54, 1.807) is 6.08 Å². The fraction of sp³-hybridized carbons (Fsp3) is 0.818. The standard InChI is InChI=1S/C11H22O2/c1-2-3-4-5-6-7-8-11(13)9-10-12/h7-8,11-13H,2-6,9-10H2,1H3/b8-7-. The van der Waals surface area contributed by atoms with Crippen LogP contribution in [0.4, 0.5) is 0 Å². The number of aliphatic hydroxyl groups excluding tert-OH is 2. The lowest BCUT2D eigenvalue weighted by Gasteiger charge is -2.01. The summed E-state index contributed by atoms with van der Waals surface area (Å²) < 4.78 is 0. The summed E-state index contributed by atoms with van der Waals surface area (Å²) in [6.07, 6.45) is 9.86. The van der Waals surface area contributed by atoms with Gasteiger partial charge in [0.05, 0.1) is 6.10 Å². The molecule has 1 unspecified atom stereocenters. The van der Waals surface area contributed by atoms with E-state index in [9.17, 15) is 5.11 Å². The van der Waals surface area contributed by atoms with Crippen LogP contribution >= 0.6 is 0 Å². The first-order valence-electron chi connectivity index (χ1n) is 5.26. The molecule has 0 aliphatic heterocycles. The largest absolute Gasteiger partial charge is 0.396 e. The zero-order chi connectivity index (χ0) is 9.94. The Bertz CT molecular complexity index is 121. The Morgan fingerprint density at radius 1 is 1.23 bits per heavy atom. The van der Waals surface area contributed by atoms with Crippen molar-refractivity contribution in [3.05, 3.63) is 12.2 Å². The summed E-state index contributed by atoms with van der Waals surface area (Å²) in [5.74, 6) is 0. The van der Waals surface area contributed by atoms with Crippen molar-refractivity contribution in [2.24, 2.45) is 0 Å². The minimum atomic E-state index is -0.462. The van der Waals surface area contributed by atoms with Gasteiger partial charge in [-0.1, -0.05) is 38.3 Å². The second-order valence-corrected chi connectivity index (χ2v) is 3.36. The molecule has 0 fully saturated rings. The van der Waals surface area contributed by atoms with E-state index >= 15 is 0 Å². The SMILES string of the molecule is CCCCCC/C=C\C(O)CCO. The maximum atomic E-state index is 9.21. The molecule has 0 amide bonds. The van der Waals surface area contributed by atoms with Gasteiger partial charge in [-0.25, -0.2) is 0 Å². The molecule has 0 radical (unpaired) electrons. The van der Waals surface area contributed by atoms with Gasteiger partial charge in [0.1, 0.15) is 0 Å². The van der Waals surface area contributed by atoms with Crippen molar-refractivity contribution in [1.29, 1.82) is 0 Å². The van der Waals surface area contributed by atoms with Crippen molar-refractivity contribution in [2.75, 3.05) is 6.61 Å². The van der Waals surface area contributed by atoms with Gasteiger partial charge in [0, 0.05) is 6.61 Å². The van der Waals surface area contributed by atoms with Crippen molar-refractivity contribution in [3.63, 3.8) is 0 Å². The van der Waals surface area contributed by atoms with Crippen molar-refractivity contribution in [3.8, 4) is 0 Å². The molecule has 0 bridgehead atoms. The van der Waals surface area contributed by atoms with Gasteiger partial charge in [0.2, 0.25) is 0 Å². The smallest absolute Gasteiger partial charge is 0.0742 e. The van der Waals surface area contributed by atoms with Crippen LogP contribution < -0.4 is 0 Å². The van der Waals surface area contributed by atoms with Gasteiger partial charge in [0.25, 0.3) is 0 Å². The fourth-order valence-electron chi connectivity index (χ4n) is 1.17. The molecule has 2 nitrogen and oxygen atoms in total. The van der Waals surface area contributed by atoms with E-state index < -0.39 is 6.10 Å². The monoisotopic (exact) mass is 186 g/mol. The minimum Gasteiger partial charge on any atom is -0.396 e. The molecule has 0 aromatic carbocycles. The zero-order valence-electron chi connectivity index (χ0n) is 8.58. The van der Waals surface area contributed by atoms with Crippen LogP contribution in [-0.4, -0.2) is 22.9 Å². The molecule has 1 atom stereocenters. The highest BCUT2D eigenvalue weighted by Gasteiger charge is 1.95. The summed E-state index contributed by atoms with van der Waals surface area (Å²) >= 11 is 0. The topological polar surface area (TPSA) is 40.5 Å². The zero-order valence-corrected chi connectivity index (χ0v) is 8.58. The molecule has 2 N–H and O–H groups in total. The lowest BCUT2D eigenvalue weighted by Crippen LogP contribution is -2.03. The fourth-order valence-corrected chi connectivity index (χ4v) is 1.17. The Morgan fingerprint density at radius 3 is 2.62 bits per heavy atom. The minimum absolute atomic E-state index is 0.0569. The van der Waals surface area contributed by atoms with E-state index in [1.807, 2.05) is 6.08 Å². The number of hydrogen-bond donors (Lipinski definition) is 2. The number of unbranched alkanes of at least 4 members (excludes halogenated alkanes) is 4. The van der Waals surface area contributed by atoms with Gasteiger partial charge in [0.15, 0.2) is 0 Å². The predicted molar refractivity (Wildman–Crippen MR) is 55.6 cm³/mol. The molecule has 0 aliphatic rings. The summed E-state index contributed by atoms with van der Waals surface area (Å²) in [7, 11) is 0. The van der Waals surface area contributed by atoms with E-state index in [0.717, 1.165) is 6.42 Å². The summed E-state index contributed by atoms with van der Waals surface area (Å²) in [4.78, 5) is 0. The normalized spacial score (nSPS) is 13.8. The van der Waals surface area contributed by atoms with Crippen LogP contribution in [0.15, 0.2) is 12.2 Å². The van der Waals surface area contributed by atoms with E-state index in [2.05, 4.69) is 6.92 Å². The average Bonchev–Trinajstić information content (AvgIpc) is 2.11. The molecular weight excluding hydrogens is 164 g/mol. The quantitative estimate of drug-likeness (QED) is 0.451. The maximum absolute atomic E-state index is 9.21. The van der Waals surface area contributed by atoms with Crippen LogP contribution in [0, 0.1) is 0 Å². The van der Waals surface area contributed by atoms with Gasteiger partial charge in [-0.15, -0.1) is 0 Å². The first-order valence-corrected chi connectivity index (χ1v) is 5.26. The Labute approximate surface area is 81.3 Å². The van der Waals surface area contributed by atoms with Gasteiger partial charge >= 0.3 is 0 Å². The Hall–Kier alpha value is -0.340. The second-order valence-electron chi connectivity index (χ2n) is 3.36. The highest BCUT2D eigenvalue weighted by atomic mass is 16.3. The molecule has 0 saturated heterocycles. The number of aliphatic hydroxyl groups is 2.